The first-order chi connectivity index (χ1) is 10.5. The van der Waals surface area contributed by atoms with Crippen LogP contribution < -0.4 is 11.1 Å². The number of rotatable bonds is 8. The Bertz CT molecular complexity index is 526. The van der Waals surface area contributed by atoms with Crippen LogP contribution in [-0.4, -0.2) is 18.4 Å². The summed E-state index contributed by atoms with van der Waals surface area (Å²) in [5.74, 6) is -0.224. The average molecular weight is 306 g/mol. The van der Waals surface area contributed by atoms with Crippen LogP contribution in [0.15, 0.2) is 24.3 Å². The van der Waals surface area contributed by atoms with Crippen molar-refractivity contribution in [3.8, 4) is 0 Å². The third-order valence-corrected chi connectivity index (χ3v) is 4.28. The van der Waals surface area contributed by atoms with Gasteiger partial charge in [-0.15, -0.1) is 0 Å². The SMILES string of the molecule is CC(CC(=O)NCC(Cc1ccc(F)cc1)C(N)=O)C1CC1. The number of nitrogens with two attached hydrogens (primary N) is 1. The van der Waals surface area contributed by atoms with Gasteiger partial charge >= 0.3 is 0 Å². The number of halogens is 1. The van der Waals surface area contributed by atoms with Gasteiger partial charge < -0.3 is 11.1 Å². The van der Waals surface area contributed by atoms with E-state index in [4.69, 9.17) is 5.73 Å². The molecule has 2 unspecified atom stereocenters. The lowest BCUT2D eigenvalue weighted by molar-refractivity contribution is -0.123. The maximum atomic E-state index is 12.9. The molecule has 0 heterocycles. The van der Waals surface area contributed by atoms with Crippen molar-refractivity contribution in [2.45, 2.75) is 32.6 Å². The Labute approximate surface area is 130 Å². The second kappa shape index (κ2) is 7.38. The Kier molecular flexibility index (Phi) is 5.52. The number of primary amides is 1. The molecule has 120 valence electrons. The number of hydrogen-bond acceptors (Lipinski definition) is 2. The topological polar surface area (TPSA) is 72.2 Å². The molecule has 1 saturated carbocycles. The molecule has 0 bridgehead atoms. The summed E-state index contributed by atoms with van der Waals surface area (Å²) < 4.78 is 12.9. The largest absolute Gasteiger partial charge is 0.369 e. The minimum absolute atomic E-state index is 0.0373. The fraction of sp³-hybridized carbons (Fsp3) is 0.529. The van der Waals surface area contributed by atoms with Crippen LogP contribution >= 0.6 is 0 Å². The molecular weight excluding hydrogens is 283 g/mol. The van der Waals surface area contributed by atoms with Crippen molar-refractivity contribution >= 4 is 11.8 Å². The molecule has 1 aromatic carbocycles. The van der Waals surface area contributed by atoms with Crippen LogP contribution in [0.2, 0.25) is 0 Å². The van der Waals surface area contributed by atoms with Crippen LogP contribution in [0.1, 0.15) is 31.7 Å². The second-order valence-electron chi connectivity index (χ2n) is 6.25. The van der Waals surface area contributed by atoms with Crippen LogP contribution in [0.25, 0.3) is 0 Å². The van der Waals surface area contributed by atoms with E-state index in [-0.39, 0.29) is 18.3 Å². The van der Waals surface area contributed by atoms with E-state index in [1.807, 2.05) is 0 Å². The Morgan fingerprint density at radius 1 is 1.32 bits per heavy atom. The summed E-state index contributed by atoms with van der Waals surface area (Å²) in [4.78, 5) is 23.4. The quantitative estimate of drug-likeness (QED) is 0.771. The standard InChI is InChI=1S/C17H23FN2O2/c1-11(13-4-5-13)8-16(21)20-10-14(17(19)22)9-12-2-6-15(18)7-3-12/h2-3,6-7,11,13-14H,4-5,8-10H2,1H3,(H2,19,22)(H,20,21). The van der Waals surface area contributed by atoms with Crippen molar-refractivity contribution in [1.82, 2.24) is 5.32 Å². The molecule has 2 amide bonds. The molecule has 0 saturated heterocycles. The molecule has 0 spiro atoms. The molecule has 2 rings (SSSR count). The zero-order valence-electron chi connectivity index (χ0n) is 12.8. The molecule has 0 aliphatic heterocycles. The van der Waals surface area contributed by atoms with E-state index in [2.05, 4.69) is 12.2 Å². The van der Waals surface area contributed by atoms with E-state index in [0.29, 0.717) is 24.7 Å². The minimum atomic E-state index is -0.481. The lowest BCUT2D eigenvalue weighted by Crippen LogP contribution is -2.37. The highest BCUT2D eigenvalue weighted by molar-refractivity contribution is 5.80. The Morgan fingerprint density at radius 2 is 1.95 bits per heavy atom. The van der Waals surface area contributed by atoms with Crippen LogP contribution in [0, 0.1) is 23.6 Å². The predicted molar refractivity (Wildman–Crippen MR) is 82.3 cm³/mol. The molecule has 1 aliphatic rings. The normalized spacial score (nSPS) is 16.8. The molecule has 3 N–H and O–H groups in total. The van der Waals surface area contributed by atoms with Gasteiger partial charge in [0.1, 0.15) is 5.82 Å². The van der Waals surface area contributed by atoms with Gasteiger partial charge in [0.05, 0.1) is 5.92 Å². The number of nitrogens with one attached hydrogen (secondary N) is 1. The monoisotopic (exact) mass is 306 g/mol. The van der Waals surface area contributed by atoms with E-state index < -0.39 is 11.8 Å². The molecule has 1 fully saturated rings. The summed E-state index contributed by atoms with van der Waals surface area (Å²) >= 11 is 0. The van der Waals surface area contributed by atoms with Gasteiger partial charge in [-0.25, -0.2) is 4.39 Å². The Morgan fingerprint density at radius 3 is 2.50 bits per heavy atom. The van der Waals surface area contributed by atoms with Crippen LogP contribution in [0.4, 0.5) is 4.39 Å². The lowest BCUT2D eigenvalue weighted by atomic mass is 9.98. The highest BCUT2D eigenvalue weighted by atomic mass is 19.1. The van der Waals surface area contributed by atoms with Crippen LogP contribution in [0.5, 0.6) is 0 Å². The molecule has 0 radical (unpaired) electrons. The predicted octanol–water partition coefficient (Wildman–Crippen LogP) is 2.02. The first-order valence-corrected chi connectivity index (χ1v) is 7.76. The van der Waals surface area contributed by atoms with Gasteiger partial charge in [0, 0.05) is 13.0 Å². The van der Waals surface area contributed by atoms with Gasteiger partial charge in [0.2, 0.25) is 11.8 Å². The summed E-state index contributed by atoms with van der Waals surface area (Å²) in [6.45, 7) is 2.31. The molecule has 1 aromatic rings. The zero-order valence-corrected chi connectivity index (χ0v) is 12.8. The van der Waals surface area contributed by atoms with Crippen LogP contribution in [0.3, 0.4) is 0 Å². The molecule has 4 nitrogen and oxygen atoms in total. The van der Waals surface area contributed by atoms with E-state index in [1.165, 1.54) is 25.0 Å². The fourth-order valence-electron chi connectivity index (χ4n) is 2.61. The van der Waals surface area contributed by atoms with Gasteiger partial charge in [-0.2, -0.15) is 0 Å². The van der Waals surface area contributed by atoms with E-state index in [0.717, 1.165) is 5.56 Å². The van der Waals surface area contributed by atoms with E-state index in [9.17, 15) is 14.0 Å². The number of hydrogen-bond donors (Lipinski definition) is 2. The molecule has 0 aromatic heterocycles. The van der Waals surface area contributed by atoms with Gasteiger partial charge in [-0.3, -0.25) is 9.59 Å². The number of benzene rings is 1. The third-order valence-electron chi connectivity index (χ3n) is 4.28. The summed E-state index contributed by atoms with van der Waals surface area (Å²) in [7, 11) is 0. The molecular formula is C17H23FN2O2. The number of carbonyl (C=O) groups is 2. The molecule has 5 heteroatoms. The van der Waals surface area contributed by atoms with E-state index >= 15 is 0 Å². The smallest absolute Gasteiger partial charge is 0.222 e. The third kappa shape index (κ3) is 5.13. The summed E-state index contributed by atoms with van der Waals surface area (Å²) in [6, 6.07) is 5.96. The lowest BCUT2D eigenvalue weighted by Gasteiger charge is -2.16. The minimum Gasteiger partial charge on any atom is -0.369 e. The molecule has 2 atom stereocenters. The second-order valence-corrected chi connectivity index (χ2v) is 6.25. The fourth-order valence-corrected chi connectivity index (χ4v) is 2.61. The average Bonchev–Trinajstić information content (AvgIpc) is 3.29. The summed E-state index contributed by atoms with van der Waals surface area (Å²) in [5.41, 5.74) is 6.22. The summed E-state index contributed by atoms with van der Waals surface area (Å²) in [6.07, 6.45) is 3.31. The maximum Gasteiger partial charge on any atom is 0.222 e. The molecule has 1 aliphatic carbocycles. The van der Waals surface area contributed by atoms with Crippen molar-refractivity contribution in [3.05, 3.63) is 35.6 Å². The zero-order chi connectivity index (χ0) is 16.1. The van der Waals surface area contributed by atoms with Gasteiger partial charge in [-0.1, -0.05) is 19.1 Å². The van der Waals surface area contributed by atoms with Gasteiger partial charge in [0.25, 0.3) is 0 Å². The highest BCUT2D eigenvalue weighted by Crippen LogP contribution is 2.38. The van der Waals surface area contributed by atoms with Crippen LogP contribution in [-0.2, 0) is 16.0 Å². The Balaban J connectivity index is 1.81. The highest BCUT2D eigenvalue weighted by Gasteiger charge is 2.29. The first-order valence-electron chi connectivity index (χ1n) is 7.76. The first kappa shape index (κ1) is 16.5. The van der Waals surface area contributed by atoms with Gasteiger partial charge in [0.15, 0.2) is 0 Å². The van der Waals surface area contributed by atoms with Crippen molar-refractivity contribution < 1.29 is 14.0 Å². The van der Waals surface area contributed by atoms with Crippen molar-refractivity contribution in [1.29, 1.82) is 0 Å². The maximum absolute atomic E-state index is 12.9. The van der Waals surface area contributed by atoms with Crippen molar-refractivity contribution in [2.24, 2.45) is 23.5 Å². The van der Waals surface area contributed by atoms with E-state index in [1.54, 1.807) is 12.1 Å². The Hall–Kier alpha value is -1.91. The summed E-state index contributed by atoms with van der Waals surface area (Å²) in [5, 5.41) is 2.80. The van der Waals surface area contributed by atoms with Crippen molar-refractivity contribution in [3.63, 3.8) is 0 Å². The van der Waals surface area contributed by atoms with Crippen molar-refractivity contribution in [2.75, 3.05) is 6.54 Å². The van der Waals surface area contributed by atoms with Gasteiger partial charge in [-0.05, 0) is 48.8 Å². The number of carbonyl (C=O) groups excluding carboxylic acids is 2. The molecule has 22 heavy (non-hydrogen) atoms. The number of amides is 2.